The highest BCUT2D eigenvalue weighted by atomic mass is 32.2. The van der Waals surface area contributed by atoms with Crippen molar-refractivity contribution in [2.45, 2.75) is 32.3 Å². The zero-order valence-electron chi connectivity index (χ0n) is 9.08. The molecule has 0 radical (unpaired) electrons. The number of nitrogens with zero attached hydrogens (tertiary/aromatic N) is 1. The van der Waals surface area contributed by atoms with Gasteiger partial charge in [0, 0.05) is 18.0 Å². The Balaban J connectivity index is 2.77. The maximum Gasteiger partial charge on any atom is 0.101 e. The van der Waals surface area contributed by atoms with Gasteiger partial charge >= 0.3 is 0 Å². The second-order valence-electron chi connectivity index (χ2n) is 3.83. The predicted octanol–water partition coefficient (Wildman–Crippen LogP) is 2.60. The van der Waals surface area contributed by atoms with E-state index in [1.165, 1.54) is 0 Å². The fraction of sp³-hybridized carbons (Fsp3) is 0.545. The molecule has 2 N–H and O–H groups in total. The van der Waals surface area contributed by atoms with Crippen molar-refractivity contribution in [1.29, 1.82) is 0 Å². The molecule has 0 aliphatic rings. The molecule has 0 saturated carbocycles. The summed E-state index contributed by atoms with van der Waals surface area (Å²) in [5.74, 6) is 1.79. The van der Waals surface area contributed by atoms with Gasteiger partial charge in [-0.15, -0.1) is 11.8 Å². The molecule has 0 bridgehead atoms. The third-order valence-electron chi connectivity index (χ3n) is 1.85. The second kappa shape index (κ2) is 5.37. The second-order valence-corrected chi connectivity index (χ2v) is 4.83. The van der Waals surface area contributed by atoms with Crippen LogP contribution in [0.4, 0.5) is 0 Å². The Hall–Kier alpha value is -0.540. The Morgan fingerprint density at radius 1 is 1.43 bits per heavy atom. The molecular weight excluding hydrogens is 192 g/mol. The molecule has 0 saturated heterocycles. The van der Waals surface area contributed by atoms with E-state index in [0.717, 1.165) is 22.0 Å². The topological polar surface area (TPSA) is 38.9 Å². The highest BCUT2D eigenvalue weighted by Gasteiger charge is 2.04. The van der Waals surface area contributed by atoms with Crippen LogP contribution in [0.3, 0.4) is 0 Å². The molecule has 0 aliphatic heterocycles. The van der Waals surface area contributed by atoms with E-state index in [4.69, 9.17) is 5.73 Å². The normalized spacial score (nSPS) is 10.9. The van der Waals surface area contributed by atoms with Crippen molar-refractivity contribution in [2.75, 3.05) is 5.75 Å². The summed E-state index contributed by atoms with van der Waals surface area (Å²) in [5.41, 5.74) is 7.87. The number of rotatable bonds is 4. The van der Waals surface area contributed by atoms with Crippen molar-refractivity contribution < 1.29 is 0 Å². The molecule has 0 spiro atoms. The summed E-state index contributed by atoms with van der Waals surface area (Å²) in [6.45, 7) is 7.02. The standard InChI is InChI=1S/C11H18N2S/c1-8(2)7-14-11-10(6-12)5-4-9(3)13-11/h4-5,8H,6-7,12H2,1-3H3. The molecule has 0 aliphatic carbocycles. The van der Waals surface area contributed by atoms with Gasteiger partial charge in [-0.1, -0.05) is 19.9 Å². The van der Waals surface area contributed by atoms with Crippen LogP contribution < -0.4 is 5.73 Å². The summed E-state index contributed by atoms with van der Waals surface area (Å²) in [6, 6.07) is 4.09. The molecule has 1 aromatic heterocycles. The molecule has 0 amide bonds. The summed E-state index contributed by atoms with van der Waals surface area (Å²) in [6.07, 6.45) is 0. The number of aryl methyl sites for hydroxylation is 1. The molecule has 1 aromatic rings. The van der Waals surface area contributed by atoms with Crippen molar-refractivity contribution >= 4 is 11.8 Å². The van der Waals surface area contributed by atoms with Crippen LogP contribution in [0.15, 0.2) is 17.2 Å². The van der Waals surface area contributed by atoms with E-state index in [0.29, 0.717) is 12.5 Å². The molecule has 3 heteroatoms. The first-order valence-electron chi connectivity index (χ1n) is 4.93. The Bertz CT molecular complexity index is 297. The maximum atomic E-state index is 5.65. The van der Waals surface area contributed by atoms with E-state index in [1.807, 2.05) is 13.0 Å². The van der Waals surface area contributed by atoms with Gasteiger partial charge in [-0.25, -0.2) is 4.98 Å². The third kappa shape index (κ3) is 3.31. The average molecular weight is 210 g/mol. The number of hydrogen-bond donors (Lipinski definition) is 1. The summed E-state index contributed by atoms with van der Waals surface area (Å²) >= 11 is 1.80. The first-order chi connectivity index (χ1) is 6.63. The molecule has 0 unspecified atom stereocenters. The minimum Gasteiger partial charge on any atom is -0.326 e. The number of hydrogen-bond acceptors (Lipinski definition) is 3. The van der Waals surface area contributed by atoms with Crippen LogP contribution in [0.1, 0.15) is 25.1 Å². The van der Waals surface area contributed by atoms with Gasteiger partial charge in [0.05, 0.1) is 0 Å². The molecular formula is C11H18N2S. The molecule has 1 heterocycles. The van der Waals surface area contributed by atoms with Crippen molar-refractivity contribution in [1.82, 2.24) is 4.98 Å². The largest absolute Gasteiger partial charge is 0.326 e. The SMILES string of the molecule is Cc1ccc(CN)c(SCC(C)C)n1. The van der Waals surface area contributed by atoms with E-state index in [2.05, 4.69) is 24.9 Å². The van der Waals surface area contributed by atoms with Gasteiger partial charge < -0.3 is 5.73 Å². The third-order valence-corrected chi connectivity index (χ3v) is 3.31. The predicted molar refractivity (Wildman–Crippen MR) is 62.4 cm³/mol. The van der Waals surface area contributed by atoms with Crippen LogP contribution in [0.25, 0.3) is 0 Å². The lowest BCUT2D eigenvalue weighted by molar-refractivity contribution is 0.748. The fourth-order valence-corrected chi connectivity index (χ4v) is 2.12. The average Bonchev–Trinajstić information content (AvgIpc) is 2.15. The van der Waals surface area contributed by atoms with Gasteiger partial charge in [0.25, 0.3) is 0 Å². The number of nitrogens with two attached hydrogens (primary N) is 1. The molecule has 14 heavy (non-hydrogen) atoms. The lowest BCUT2D eigenvalue weighted by atomic mass is 10.2. The molecule has 0 aromatic carbocycles. The first kappa shape index (κ1) is 11.5. The van der Waals surface area contributed by atoms with Crippen LogP contribution in [0.2, 0.25) is 0 Å². The molecule has 0 fully saturated rings. The lowest BCUT2D eigenvalue weighted by Crippen LogP contribution is -2.02. The number of aromatic nitrogens is 1. The Kier molecular flexibility index (Phi) is 4.42. The van der Waals surface area contributed by atoms with Gasteiger partial charge in [-0.05, 0) is 24.5 Å². The monoisotopic (exact) mass is 210 g/mol. The lowest BCUT2D eigenvalue weighted by Gasteiger charge is -2.08. The maximum absolute atomic E-state index is 5.65. The van der Waals surface area contributed by atoms with E-state index in [-0.39, 0.29) is 0 Å². The highest BCUT2D eigenvalue weighted by Crippen LogP contribution is 2.22. The van der Waals surface area contributed by atoms with Crippen LogP contribution in [0, 0.1) is 12.8 Å². The zero-order chi connectivity index (χ0) is 10.6. The Morgan fingerprint density at radius 2 is 2.14 bits per heavy atom. The van der Waals surface area contributed by atoms with Crippen LogP contribution >= 0.6 is 11.8 Å². The van der Waals surface area contributed by atoms with Crippen LogP contribution in [-0.4, -0.2) is 10.7 Å². The molecule has 78 valence electrons. The van der Waals surface area contributed by atoms with Gasteiger partial charge in [0.15, 0.2) is 0 Å². The van der Waals surface area contributed by atoms with Crippen molar-refractivity contribution in [3.8, 4) is 0 Å². The fourth-order valence-electron chi connectivity index (χ4n) is 1.09. The summed E-state index contributed by atoms with van der Waals surface area (Å²) in [4.78, 5) is 4.50. The van der Waals surface area contributed by atoms with Gasteiger partial charge in [0.2, 0.25) is 0 Å². The highest BCUT2D eigenvalue weighted by molar-refractivity contribution is 7.99. The van der Waals surface area contributed by atoms with Crippen molar-refractivity contribution in [2.24, 2.45) is 11.7 Å². The van der Waals surface area contributed by atoms with Gasteiger partial charge in [-0.2, -0.15) is 0 Å². The van der Waals surface area contributed by atoms with Crippen molar-refractivity contribution in [3.63, 3.8) is 0 Å². The van der Waals surface area contributed by atoms with E-state index in [9.17, 15) is 0 Å². The Labute approximate surface area is 90.3 Å². The summed E-state index contributed by atoms with van der Waals surface area (Å²) < 4.78 is 0. The van der Waals surface area contributed by atoms with Gasteiger partial charge in [0.1, 0.15) is 5.03 Å². The van der Waals surface area contributed by atoms with E-state index in [1.54, 1.807) is 11.8 Å². The minimum absolute atomic E-state index is 0.577. The van der Waals surface area contributed by atoms with Crippen molar-refractivity contribution in [3.05, 3.63) is 23.4 Å². The number of thioether (sulfide) groups is 1. The van der Waals surface area contributed by atoms with Crippen LogP contribution in [0.5, 0.6) is 0 Å². The van der Waals surface area contributed by atoms with E-state index < -0.39 is 0 Å². The quantitative estimate of drug-likeness (QED) is 0.776. The summed E-state index contributed by atoms with van der Waals surface area (Å²) in [5, 5.41) is 1.10. The molecule has 1 rings (SSSR count). The zero-order valence-corrected chi connectivity index (χ0v) is 9.90. The van der Waals surface area contributed by atoms with E-state index >= 15 is 0 Å². The Morgan fingerprint density at radius 3 is 2.71 bits per heavy atom. The smallest absolute Gasteiger partial charge is 0.101 e. The van der Waals surface area contributed by atoms with Crippen LogP contribution in [-0.2, 0) is 6.54 Å². The minimum atomic E-state index is 0.577. The first-order valence-corrected chi connectivity index (χ1v) is 5.91. The molecule has 2 nitrogen and oxygen atoms in total. The summed E-state index contributed by atoms with van der Waals surface area (Å²) in [7, 11) is 0. The van der Waals surface area contributed by atoms with Gasteiger partial charge in [-0.3, -0.25) is 0 Å². The molecule has 0 atom stereocenters. The number of pyridine rings is 1.